The number of carboxylic acid groups (broad SMARTS) is 1. The first kappa shape index (κ1) is 11.5. The van der Waals surface area contributed by atoms with Gasteiger partial charge in [-0.1, -0.05) is 13.3 Å². The van der Waals surface area contributed by atoms with E-state index in [0.29, 0.717) is 18.3 Å². The Balaban J connectivity index is 2.46. The van der Waals surface area contributed by atoms with Crippen molar-refractivity contribution < 1.29 is 9.90 Å². The normalized spacial score (nSPS) is 26.0. The van der Waals surface area contributed by atoms with Gasteiger partial charge in [0.25, 0.3) is 0 Å². The van der Waals surface area contributed by atoms with Gasteiger partial charge in [-0.3, -0.25) is 4.79 Å². The summed E-state index contributed by atoms with van der Waals surface area (Å²) in [5, 5.41) is 8.80. The molecule has 0 spiro atoms. The molecular weight excluding hydrogens is 178 g/mol. The number of nitrogens with zero attached hydrogens (tertiary/aromatic N) is 1. The van der Waals surface area contributed by atoms with E-state index in [1.807, 2.05) is 0 Å². The van der Waals surface area contributed by atoms with Crippen LogP contribution in [0.3, 0.4) is 0 Å². The monoisotopic (exact) mass is 199 g/mol. The maximum atomic E-state index is 10.7. The van der Waals surface area contributed by atoms with Crippen LogP contribution in [0.1, 0.15) is 32.6 Å². The molecule has 3 heteroatoms. The SMILES string of the molecule is CCC(CC(=O)O)C1CCCN(C)C1. The van der Waals surface area contributed by atoms with Gasteiger partial charge in [-0.25, -0.2) is 0 Å². The highest BCUT2D eigenvalue weighted by atomic mass is 16.4. The Morgan fingerprint density at radius 2 is 2.36 bits per heavy atom. The largest absolute Gasteiger partial charge is 0.481 e. The zero-order chi connectivity index (χ0) is 10.6. The second-order valence-corrected chi connectivity index (χ2v) is 4.43. The average molecular weight is 199 g/mol. The lowest BCUT2D eigenvalue weighted by atomic mass is 9.82. The van der Waals surface area contributed by atoms with Crippen LogP contribution in [0.5, 0.6) is 0 Å². The van der Waals surface area contributed by atoms with E-state index in [1.54, 1.807) is 0 Å². The molecule has 14 heavy (non-hydrogen) atoms. The molecule has 82 valence electrons. The van der Waals surface area contributed by atoms with E-state index in [-0.39, 0.29) is 0 Å². The lowest BCUT2D eigenvalue weighted by Gasteiger charge is -2.34. The molecule has 1 heterocycles. The molecular formula is C11H21NO2. The minimum atomic E-state index is -0.648. The van der Waals surface area contributed by atoms with Crippen molar-refractivity contribution in [1.29, 1.82) is 0 Å². The van der Waals surface area contributed by atoms with Gasteiger partial charge in [0.2, 0.25) is 0 Å². The van der Waals surface area contributed by atoms with Crippen molar-refractivity contribution in [2.24, 2.45) is 11.8 Å². The van der Waals surface area contributed by atoms with Gasteiger partial charge in [-0.2, -0.15) is 0 Å². The smallest absolute Gasteiger partial charge is 0.303 e. The summed E-state index contributed by atoms with van der Waals surface area (Å²) >= 11 is 0. The first-order chi connectivity index (χ1) is 6.63. The van der Waals surface area contributed by atoms with Gasteiger partial charge in [-0.15, -0.1) is 0 Å². The van der Waals surface area contributed by atoms with Gasteiger partial charge >= 0.3 is 5.97 Å². The van der Waals surface area contributed by atoms with Crippen molar-refractivity contribution in [2.75, 3.05) is 20.1 Å². The first-order valence-electron chi connectivity index (χ1n) is 5.53. The number of hydrogen-bond donors (Lipinski definition) is 1. The van der Waals surface area contributed by atoms with Gasteiger partial charge in [0.1, 0.15) is 0 Å². The van der Waals surface area contributed by atoms with E-state index in [2.05, 4.69) is 18.9 Å². The molecule has 0 bridgehead atoms. The minimum Gasteiger partial charge on any atom is -0.481 e. The molecule has 0 saturated carbocycles. The summed E-state index contributed by atoms with van der Waals surface area (Å²) in [7, 11) is 2.12. The minimum absolute atomic E-state index is 0.342. The predicted octanol–water partition coefficient (Wildman–Crippen LogP) is 1.83. The summed E-state index contributed by atoms with van der Waals surface area (Å²) in [6.45, 7) is 4.34. The molecule has 1 aliphatic heterocycles. The Hall–Kier alpha value is -0.570. The second kappa shape index (κ2) is 5.35. The predicted molar refractivity (Wildman–Crippen MR) is 56.3 cm³/mol. The van der Waals surface area contributed by atoms with Crippen LogP contribution in [-0.4, -0.2) is 36.1 Å². The van der Waals surface area contributed by atoms with Crippen molar-refractivity contribution >= 4 is 5.97 Å². The van der Waals surface area contributed by atoms with Crippen molar-refractivity contribution in [3.63, 3.8) is 0 Å². The van der Waals surface area contributed by atoms with Crippen LogP contribution in [0.4, 0.5) is 0 Å². The van der Waals surface area contributed by atoms with Gasteiger partial charge in [-0.05, 0) is 38.3 Å². The van der Waals surface area contributed by atoms with Crippen LogP contribution in [0, 0.1) is 11.8 Å². The van der Waals surface area contributed by atoms with Gasteiger partial charge in [0.05, 0.1) is 0 Å². The maximum absolute atomic E-state index is 10.7. The Kier molecular flexibility index (Phi) is 4.39. The standard InChI is InChI=1S/C11H21NO2/c1-3-9(7-11(13)14)10-5-4-6-12(2)8-10/h9-10H,3-8H2,1-2H3,(H,13,14). The molecule has 2 unspecified atom stereocenters. The zero-order valence-electron chi connectivity index (χ0n) is 9.20. The number of aliphatic carboxylic acids is 1. The van der Waals surface area contributed by atoms with Crippen LogP contribution < -0.4 is 0 Å². The number of piperidine rings is 1. The molecule has 1 rings (SSSR count). The molecule has 0 aliphatic carbocycles. The summed E-state index contributed by atoms with van der Waals surface area (Å²) in [6, 6.07) is 0. The molecule has 3 nitrogen and oxygen atoms in total. The summed E-state index contributed by atoms with van der Waals surface area (Å²) in [5.74, 6) is 0.315. The molecule has 0 aromatic carbocycles. The number of hydrogen-bond acceptors (Lipinski definition) is 2. The van der Waals surface area contributed by atoms with Gasteiger partial charge < -0.3 is 10.0 Å². The van der Waals surface area contributed by atoms with Crippen LogP contribution in [-0.2, 0) is 4.79 Å². The molecule has 2 atom stereocenters. The molecule has 0 radical (unpaired) electrons. The number of carbonyl (C=O) groups is 1. The molecule has 1 saturated heterocycles. The number of likely N-dealkylation sites (tertiary alicyclic amines) is 1. The van der Waals surface area contributed by atoms with E-state index >= 15 is 0 Å². The fraction of sp³-hybridized carbons (Fsp3) is 0.909. The molecule has 1 aliphatic rings. The van der Waals surface area contributed by atoms with Gasteiger partial charge in [0, 0.05) is 13.0 Å². The quantitative estimate of drug-likeness (QED) is 0.751. The Bertz CT molecular complexity index is 194. The van der Waals surface area contributed by atoms with Crippen LogP contribution in [0.2, 0.25) is 0 Å². The van der Waals surface area contributed by atoms with E-state index in [0.717, 1.165) is 13.0 Å². The first-order valence-corrected chi connectivity index (χ1v) is 5.53. The number of carboxylic acids is 1. The fourth-order valence-electron chi connectivity index (χ4n) is 2.46. The lowest BCUT2D eigenvalue weighted by Crippen LogP contribution is -2.36. The Labute approximate surface area is 86.1 Å². The molecule has 0 aromatic rings. The molecule has 1 fully saturated rings. The third-order valence-electron chi connectivity index (χ3n) is 3.29. The lowest BCUT2D eigenvalue weighted by molar-refractivity contribution is -0.138. The fourth-order valence-corrected chi connectivity index (χ4v) is 2.46. The summed E-state index contributed by atoms with van der Waals surface area (Å²) in [5.41, 5.74) is 0. The van der Waals surface area contributed by atoms with Crippen LogP contribution in [0.25, 0.3) is 0 Å². The average Bonchev–Trinajstić information content (AvgIpc) is 2.14. The Morgan fingerprint density at radius 3 is 2.86 bits per heavy atom. The highest BCUT2D eigenvalue weighted by Crippen LogP contribution is 2.27. The number of rotatable bonds is 4. The third kappa shape index (κ3) is 3.29. The van der Waals surface area contributed by atoms with E-state index in [9.17, 15) is 4.79 Å². The summed E-state index contributed by atoms with van der Waals surface area (Å²) in [4.78, 5) is 13.0. The summed E-state index contributed by atoms with van der Waals surface area (Å²) < 4.78 is 0. The van der Waals surface area contributed by atoms with E-state index in [1.165, 1.54) is 19.4 Å². The van der Waals surface area contributed by atoms with Gasteiger partial charge in [0.15, 0.2) is 0 Å². The zero-order valence-corrected chi connectivity index (χ0v) is 9.20. The highest BCUT2D eigenvalue weighted by Gasteiger charge is 2.26. The highest BCUT2D eigenvalue weighted by molar-refractivity contribution is 5.67. The van der Waals surface area contributed by atoms with Crippen molar-refractivity contribution in [2.45, 2.75) is 32.6 Å². The van der Waals surface area contributed by atoms with Crippen LogP contribution in [0.15, 0.2) is 0 Å². The maximum Gasteiger partial charge on any atom is 0.303 e. The Morgan fingerprint density at radius 1 is 1.64 bits per heavy atom. The summed E-state index contributed by atoms with van der Waals surface area (Å²) in [6.07, 6.45) is 3.76. The topological polar surface area (TPSA) is 40.5 Å². The van der Waals surface area contributed by atoms with Crippen molar-refractivity contribution in [1.82, 2.24) is 4.90 Å². The second-order valence-electron chi connectivity index (χ2n) is 4.43. The van der Waals surface area contributed by atoms with Crippen molar-refractivity contribution in [3.8, 4) is 0 Å². The molecule has 0 amide bonds. The van der Waals surface area contributed by atoms with Crippen LogP contribution >= 0.6 is 0 Å². The molecule has 1 N–H and O–H groups in total. The van der Waals surface area contributed by atoms with Crippen molar-refractivity contribution in [3.05, 3.63) is 0 Å². The van der Waals surface area contributed by atoms with E-state index in [4.69, 9.17) is 5.11 Å². The van der Waals surface area contributed by atoms with E-state index < -0.39 is 5.97 Å². The molecule has 0 aromatic heterocycles. The third-order valence-corrected chi connectivity index (χ3v) is 3.29.